The number of nitriles is 1. The van der Waals surface area contributed by atoms with E-state index < -0.39 is 0 Å². The molecule has 1 amide bonds. The number of anilines is 2. The van der Waals surface area contributed by atoms with Crippen molar-refractivity contribution < 1.29 is 9.18 Å². The highest BCUT2D eigenvalue weighted by Gasteiger charge is 2.22. The lowest BCUT2D eigenvalue weighted by Gasteiger charge is -2.21. The molecule has 1 aromatic carbocycles. The van der Waals surface area contributed by atoms with E-state index in [1.165, 1.54) is 12.1 Å². The Hall–Kier alpha value is -3.22. The van der Waals surface area contributed by atoms with E-state index in [1.54, 1.807) is 23.5 Å². The van der Waals surface area contributed by atoms with Gasteiger partial charge in [0.2, 0.25) is 5.91 Å². The summed E-state index contributed by atoms with van der Waals surface area (Å²) in [7, 11) is 0. The maximum absolute atomic E-state index is 13.3. The van der Waals surface area contributed by atoms with Crippen molar-refractivity contribution in [1.82, 2.24) is 14.5 Å². The van der Waals surface area contributed by atoms with Crippen molar-refractivity contribution in [3.05, 3.63) is 64.0 Å². The van der Waals surface area contributed by atoms with Crippen LogP contribution >= 0.6 is 11.3 Å². The van der Waals surface area contributed by atoms with Crippen molar-refractivity contribution in [2.45, 2.75) is 26.8 Å². The SMILES string of the molecule is Cc1c(C#N)c(NC(=O)CN2CCCN(c3nccs3)CC2)n(Cc2ccc(F)cc2)c1C. The molecule has 0 radical (unpaired) electrons. The first kappa shape index (κ1) is 23.0. The van der Waals surface area contributed by atoms with Gasteiger partial charge in [-0.15, -0.1) is 11.3 Å². The van der Waals surface area contributed by atoms with Gasteiger partial charge in [0, 0.05) is 50.0 Å². The second kappa shape index (κ2) is 10.1. The number of nitrogens with zero attached hydrogens (tertiary/aromatic N) is 5. The standard InChI is InChI=1S/C24H27FN6OS/c1-17-18(2)31(15-19-4-6-20(25)7-5-19)23(21(17)14-26)28-22(32)16-29-9-3-10-30(12-11-29)24-27-8-13-33-24/h4-8,13H,3,9-12,15-16H2,1-2H3,(H,28,32). The van der Waals surface area contributed by atoms with Gasteiger partial charge in [-0.25, -0.2) is 9.37 Å². The van der Waals surface area contributed by atoms with Crippen molar-refractivity contribution in [1.29, 1.82) is 5.26 Å². The summed E-state index contributed by atoms with van der Waals surface area (Å²) in [6, 6.07) is 8.50. The van der Waals surface area contributed by atoms with Crippen LogP contribution in [0.4, 0.5) is 15.3 Å². The molecule has 1 fully saturated rings. The molecule has 1 aliphatic rings. The number of hydrogen-bond acceptors (Lipinski definition) is 6. The second-order valence-electron chi connectivity index (χ2n) is 8.24. The smallest absolute Gasteiger partial charge is 0.239 e. The van der Waals surface area contributed by atoms with Crippen LogP contribution in [-0.4, -0.2) is 53.1 Å². The largest absolute Gasteiger partial charge is 0.347 e. The molecule has 1 saturated heterocycles. The van der Waals surface area contributed by atoms with Gasteiger partial charge in [-0.05, 0) is 43.5 Å². The second-order valence-corrected chi connectivity index (χ2v) is 9.11. The zero-order valence-corrected chi connectivity index (χ0v) is 19.7. The van der Waals surface area contributed by atoms with Crippen molar-refractivity contribution >= 4 is 28.2 Å². The molecule has 172 valence electrons. The molecule has 0 saturated carbocycles. The molecule has 1 aliphatic heterocycles. The number of halogens is 1. The third kappa shape index (κ3) is 5.24. The number of hydrogen-bond donors (Lipinski definition) is 1. The molecule has 9 heteroatoms. The van der Waals surface area contributed by atoms with Gasteiger partial charge in [0.25, 0.3) is 0 Å². The first-order valence-electron chi connectivity index (χ1n) is 11.0. The van der Waals surface area contributed by atoms with Crippen LogP contribution in [0.5, 0.6) is 0 Å². The number of rotatable bonds is 6. The molecule has 4 rings (SSSR count). The van der Waals surface area contributed by atoms with Crippen LogP contribution in [0.25, 0.3) is 0 Å². The predicted molar refractivity (Wildman–Crippen MR) is 128 cm³/mol. The number of nitrogens with one attached hydrogen (secondary N) is 1. The van der Waals surface area contributed by atoms with Crippen LogP contribution in [0.15, 0.2) is 35.8 Å². The third-order valence-corrected chi connectivity index (χ3v) is 6.93. The normalized spacial score (nSPS) is 14.7. The summed E-state index contributed by atoms with van der Waals surface area (Å²) >= 11 is 1.63. The Bertz CT molecular complexity index is 1150. The summed E-state index contributed by atoms with van der Waals surface area (Å²) in [6.45, 7) is 7.85. The molecule has 2 aromatic heterocycles. The monoisotopic (exact) mass is 466 g/mol. The zero-order chi connectivity index (χ0) is 23.4. The minimum Gasteiger partial charge on any atom is -0.347 e. The summed E-state index contributed by atoms with van der Waals surface area (Å²) in [5.41, 5.74) is 3.10. The lowest BCUT2D eigenvalue weighted by atomic mass is 10.2. The molecule has 3 aromatic rings. The van der Waals surface area contributed by atoms with Crippen LogP contribution in [-0.2, 0) is 11.3 Å². The van der Waals surface area contributed by atoms with Crippen molar-refractivity contribution in [2.75, 3.05) is 42.9 Å². The van der Waals surface area contributed by atoms with Crippen LogP contribution in [0.1, 0.15) is 28.8 Å². The number of thiazole rings is 1. The summed E-state index contributed by atoms with van der Waals surface area (Å²) in [5, 5.41) is 15.7. The summed E-state index contributed by atoms with van der Waals surface area (Å²) in [6.07, 6.45) is 2.77. The fourth-order valence-electron chi connectivity index (χ4n) is 4.17. The fourth-order valence-corrected chi connectivity index (χ4v) is 4.86. The van der Waals surface area contributed by atoms with E-state index in [-0.39, 0.29) is 18.3 Å². The first-order chi connectivity index (χ1) is 16.0. The van der Waals surface area contributed by atoms with Gasteiger partial charge in [0.05, 0.1) is 12.1 Å². The Labute approximate surface area is 197 Å². The average Bonchev–Trinajstić information content (AvgIpc) is 3.33. The highest BCUT2D eigenvalue weighted by atomic mass is 32.1. The molecule has 0 aliphatic carbocycles. The number of benzene rings is 1. The molecular formula is C24H27FN6OS. The van der Waals surface area contributed by atoms with E-state index in [4.69, 9.17) is 0 Å². The number of carbonyl (C=O) groups excluding carboxylic acids is 1. The lowest BCUT2D eigenvalue weighted by molar-refractivity contribution is -0.117. The zero-order valence-electron chi connectivity index (χ0n) is 18.8. The number of carbonyl (C=O) groups is 1. The van der Waals surface area contributed by atoms with Gasteiger partial charge in [0.15, 0.2) is 5.13 Å². The average molecular weight is 467 g/mol. The van der Waals surface area contributed by atoms with Gasteiger partial charge < -0.3 is 14.8 Å². The topological polar surface area (TPSA) is 77.2 Å². The van der Waals surface area contributed by atoms with E-state index >= 15 is 0 Å². The molecule has 0 bridgehead atoms. The minimum atomic E-state index is -0.295. The minimum absolute atomic E-state index is 0.146. The Balaban J connectivity index is 1.46. The first-order valence-corrected chi connectivity index (χ1v) is 11.8. The molecule has 0 atom stereocenters. The van der Waals surface area contributed by atoms with Crippen LogP contribution < -0.4 is 10.2 Å². The van der Waals surface area contributed by atoms with E-state index in [0.29, 0.717) is 17.9 Å². The number of aromatic nitrogens is 2. The van der Waals surface area contributed by atoms with Gasteiger partial charge >= 0.3 is 0 Å². The molecule has 33 heavy (non-hydrogen) atoms. The molecular weight excluding hydrogens is 439 g/mol. The van der Waals surface area contributed by atoms with E-state index in [9.17, 15) is 14.4 Å². The highest BCUT2D eigenvalue weighted by molar-refractivity contribution is 7.13. The Morgan fingerprint density at radius 2 is 2.00 bits per heavy atom. The third-order valence-electron chi connectivity index (χ3n) is 6.10. The fraction of sp³-hybridized carbons (Fsp3) is 0.375. The van der Waals surface area contributed by atoms with Crippen molar-refractivity contribution in [3.63, 3.8) is 0 Å². The van der Waals surface area contributed by atoms with Gasteiger partial charge in [-0.1, -0.05) is 12.1 Å². The van der Waals surface area contributed by atoms with Crippen LogP contribution in [0, 0.1) is 31.0 Å². The molecule has 1 N–H and O–H groups in total. The van der Waals surface area contributed by atoms with E-state index in [1.807, 2.05) is 30.0 Å². The van der Waals surface area contributed by atoms with Gasteiger partial charge in [0.1, 0.15) is 17.7 Å². The Kier molecular flexibility index (Phi) is 7.06. The van der Waals surface area contributed by atoms with Crippen LogP contribution in [0.3, 0.4) is 0 Å². The summed E-state index contributed by atoms with van der Waals surface area (Å²) in [4.78, 5) is 21.8. The van der Waals surface area contributed by atoms with Crippen molar-refractivity contribution in [2.24, 2.45) is 0 Å². The van der Waals surface area contributed by atoms with E-state index in [0.717, 1.165) is 54.6 Å². The highest BCUT2D eigenvalue weighted by Crippen LogP contribution is 2.27. The molecule has 7 nitrogen and oxygen atoms in total. The molecule has 0 spiro atoms. The van der Waals surface area contributed by atoms with Gasteiger partial charge in [-0.3, -0.25) is 9.69 Å². The Morgan fingerprint density at radius 1 is 1.21 bits per heavy atom. The van der Waals surface area contributed by atoms with Gasteiger partial charge in [-0.2, -0.15) is 5.26 Å². The maximum atomic E-state index is 13.3. The predicted octanol–water partition coefficient (Wildman–Crippen LogP) is 3.77. The summed E-state index contributed by atoms with van der Waals surface area (Å²) < 4.78 is 15.2. The quantitative estimate of drug-likeness (QED) is 0.598. The molecule has 0 unspecified atom stereocenters. The van der Waals surface area contributed by atoms with Crippen LogP contribution in [0.2, 0.25) is 0 Å². The molecule has 3 heterocycles. The Morgan fingerprint density at radius 3 is 2.70 bits per heavy atom. The van der Waals surface area contributed by atoms with Crippen molar-refractivity contribution in [3.8, 4) is 6.07 Å². The summed E-state index contributed by atoms with van der Waals surface area (Å²) in [5.74, 6) is 0.0596. The maximum Gasteiger partial charge on any atom is 0.239 e. The van der Waals surface area contributed by atoms with E-state index in [2.05, 4.69) is 26.2 Å². The lowest BCUT2D eigenvalue weighted by Crippen LogP contribution is -2.36. The number of amides is 1.